The zero-order valence-electron chi connectivity index (χ0n) is 10.8. The molecule has 17 heavy (non-hydrogen) atoms. The first-order valence-corrected chi connectivity index (χ1v) is 6.25. The van der Waals surface area contributed by atoms with E-state index in [2.05, 4.69) is 26.1 Å². The third-order valence-corrected chi connectivity index (χ3v) is 3.13. The minimum Gasteiger partial charge on any atom is -0.314 e. The maximum Gasteiger partial charge on any atom is 0.159 e. The third-order valence-electron chi connectivity index (χ3n) is 3.13. The molecule has 0 bridgehead atoms. The molecule has 1 nitrogen and oxygen atoms in total. The smallest absolute Gasteiger partial charge is 0.159 e. The summed E-state index contributed by atoms with van der Waals surface area (Å²) >= 11 is 0. The number of hydrogen-bond donors (Lipinski definition) is 1. The van der Waals surface area contributed by atoms with Crippen molar-refractivity contribution in [3.8, 4) is 0 Å². The SMILES string of the molecule is CCNC(CC)C(C)Cc1ccc(F)c(F)c1. The van der Waals surface area contributed by atoms with E-state index < -0.39 is 11.6 Å². The molecule has 0 radical (unpaired) electrons. The van der Waals surface area contributed by atoms with Crippen molar-refractivity contribution < 1.29 is 8.78 Å². The van der Waals surface area contributed by atoms with Crippen molar-refractivity contribution in [1.82, 2.24) is 5.32 Å². The molecule has 1 rings (SSSR count). The molecule has 96 valence electrons. The van der Waals surface area contributed by atoms with Crippen LogP contribution in [0, 0.1) is 17.6 Å². The predicted molar refractivity (Wildman–Crippen MR) is 67.0 cm³/mol. The highest BCUT2D eigenvalue weighted by Crippen LogP contribution is 2.16. The maximum atomic E-state index is 13.1. The summed E-state index contributed by atoms with van der Waals surface area (Å²) < 4.78 is 25.9. The lowest BCUT2D eigenvalue weighted by atomic mass is 9.92. The number of rotatable bonds is 6. The minimum absolute atomic E-state index is 0.407. The van der Waals surface area contributed by atoms with Crippen LogP contribution in [0.1, 0.15) is 32.8 Å². The van der Waals surface area contributed by atoms with Crippen molar-refractivity contribution in [1.29, 1.82) is 0 Å². The van der Waals surface area contributed by atoms with Gasteiger partial charge in [0.1, 0.15) is 0 Å². The molecule has 0 aliphatic rings. The zero-order chi connectivity index (χ0) is 12.8. The number of hydrogen-bond acceptors (Lipinski definition) is 1. The molecule has 0 aliphatic heterocycles. The highest BCUT2D eigenvalue weighted by Gasteiger charge is 2.15. The Kier molecular flexibility index (Phi) is 5.56. The van der Waals surface area contributed by atoms with E-state index in [1.54, 1.807) is 6.07 Å². The molecule has 0 amide bonds. The number of benzene rings is 1. The molecule has 1 aromatic rings. The predicted octanol–water partition coefficient (Wildman–Crippen LogP) is 3.53. The largest absolute Gasteiger partial charge is 0.314 e. The molecule has 1 aromatic carbocycles. The molecule has 2 atom stereocenters. The Morgan fingerprint density at radius 3 is 2.41 bits per heavy atom. The average molecular weight is 241 g/mol. The minimum atomic E-state index is -0.778. The fourth-order valence-corrected chi connectivity index (χ4v) is 2.19. The van der Waals surface area contributed by atoms with Gasteiger partial charge in [-0.25, -0.2) is 8.78 Å². The van der Waals surface area contributed by atoms with Gasteiger partial charge in [0.05, 0.1) is 0 Å². The van der Waals surface area contributed by atoms with Crippen LogP contribution in [0.25, 0.3) is 0 Å². The first kappa shape index (κ1) is 14.1. The first-order valence-electron chi connectivity index (χ1n) is 6.25. The summed E-state index contributed by atoms with van der Waals surface area (Å²) in [6.45, 7) is 7.28. The van der Waals surface area contributed by atoms with Crippen LogP contribution in [-0.2, 0) is 6.42 Å². The second kappa shape index (κ2) is 6.70. The van der Waals surface area contributed by atoms with Gasteiger partial charge in [-0.15, -0.1) is 0 Å². The highest BCUT2D eigenvalue weighted by atomic mass is 19.2. The molecule has 0 saturated carbocycles. The van der Waals surface area contributed by atoms with Gasteiger partial charge in [-0.2, -0.15) is 0 Å². The normalized spacial score (nSPS) is 14.6. The van der Waals surface area contributed by atoms with E-state index in [0.29, 0.717) is 12.0 Å². The monoisotopic (exact) mass is 241 g/mol. The molecular formula is C14H21F2N. The molecule has 0 spiro atoms. The van der Waals surface area contributed by atoms with Crippen LogP contribution in [0.3, 0.4) is 0 Å². The second-order valence-corrected chi connectivity index (χ2v) is 4.50. The molecule has 0 aromatic heterocycles. The molecule has 2 unspecified atom stereocenters. The lowest BCUT2D eigenvalue weighted by molar-refractivity contribution is 0.370. The fourth-order valence-electron chi connectivity index (χ4n) is 2.19. The van der Waals surface area contributed by atoms with Crippen LogP contribution in [0.15, 0.2) is 18.2 Å². The van der Waals surface area contributed by atoms with Crippen LogP contribution in [0.5, 0.6) is 0 Å². The van der Waals surface area contributed by atoms with Gasteiger partial charge in [-0.05, 0) is 43.0 Å². The van der Waals surface area contributed by atoms with Crippen molar-refractivity contribution in [3.63, 3.8) is 0 Å². The van der Waals surface area contributed by atoms with Crippen LogP contribution < -0.4 is 5.32 Å². The quantitative estimate of drug-likeness (QED) is 0.803. The van der Waals surface area contributed by atoms with E-state index in [4.69, 9.17) is 0 Å². The molecule has 0 aliphatic carbocycles. The first-order chi connectivity index (χ1) is 8.08. The van der Waals surface area contributed by atoms with Gasteiger partial charge in [-0.3, -0.25) is 0 Å². The zero-order valence-corrected chi connectivity index (χ0v) is 10.8. The Morgan fingerprint density at radius 1 is 1.18 bits per heavy atom. The average Bonchev–Trinajstić information content (AvgIpc) is 2.30. The van der Waals surface area contributed by atoms with E-state index in [9.17, 15) is 8.78 Å². The standard InChI is InChI=1S/C14H21F2N/c1-4-14(17-5-2)10(3)8-11-6-7-12(15)13(16)9-11/h6-7,9-10,14,17H,4-5,8H2,1-3H3. The molecular weight excluding hydrogens is 220 g/mol. The summed E-state index contributed by atoms with van der Waals surface area (Å²) in [5.41, 5.74) is 0.854. The Hall–Kier alpha value is -0.960. The van der Waals surface area contributed by atoms with Gasteiger partial charge in [0.15, 0.2) is 11.6 Å². The Morgan fingerprint density at radius 2 is 1.88 bits per heavy atom. The number of nitrogens with one attached hydrogen (secondary N) is 1. The molecule has 1 N–H and O–H groups in total. The third kappa shape index (κ3) is 4.08. The Balaban J connectivity index is 2.66. The molecule has 3 heteroatoms. The van der Waals surface area contributed by atoms with Crippen LogP contribution in [0.2, 0.25) is 0 Å². The summed E-state index contributed by atoms with van der Waals surface area (Å²) in [6.07, 6.45) is 1.81. The van der Waals surface area contributed by atoms with Crippen LogP contribution in [-0.4, -0.2) is 12.6 Å². The number of halogens is 2. The summed E-state index contributed by atoms with van der Waals surface area (Å²) in [7, 11) is 0. The van der Waals surface area contributed by atoms with Gasteiger partial charge in [-0.1, -0.05) is 26.8 Å². The lowest BCUT2D eigenvalue weighted by Crippen LogP contribution is -2.35. The molecule has 0 saturated heterocycles. The van der Waals surface area contributed by atoms with Gasteiger partial charge in [0.2, 0.25) is 0 Å². The Labute approximate surface area is 102 Å². The van der Waals surface area contributed by atoms with E-state index in [0.717, 1.165) is 24.9 Å². The highest BCUT2D eigenvalue weighted by molar-refractivity contribution is 5.18. The van der Waals surface area contributed by atoms with E-state index in [1.807, 2.05) is 0 Å². The van der Waals surface area contributed by atoms with Crippen molar-refractivity contribution in [2.75, 3.05) is 6.54 Å². The van der Waals surface area contributed by atoms with E-state index in [1.165, 1.54) is 12.1 Å². The second-order valence-electron chi connectivity index (χ2n) is 4.50. The van der Waals surface area contributed by atoms with Gasteiger partial charge in [0, 0.05) is 6.04 Å². The maximum absolute atomic E-state index is 13.1. The van der Waals surface area contributed by atoms with Crippen molar-refractivity contribution in [3.05, 3.63) is 35.4 Å². The topological polar surface area (TPSA) is 12.0 Å². The van der Waals surface area contributed by atoms with Crippen molar-refractivity contribution in [2.24, 2.45) is 5.92 Å². The van der Waals surface area contributed by atoms with Crippen LogP contribution >= 0.6 is 0 Å². The van der Waals surface area contributed by atoms with E-state index in [-0.39, 0.29) is 0 Å². The van der Waals surface area contributed by atoms with Crippen LogP contribution in [0.4, 0.5) is 8.78 Å². The van der Waals surface area contributed by atoms with Crippen molar-refractivity contribution in [2.45, 2.75) is 39.7 Å². The van der Waals surface area contributed by atoms with E-state index >= 15 is 0 Å². The summed E-state index contributed by atoms with van der Waals surface area (Å²) in [5.74, 6) is -1.13. The molecule has 0 fully saturated rings. The lowest BCUT2D eigenvalue weighted by Gasteiger charge is -2.23. The van der Waals surface area contributed by atoms with Gasteiger partial charge in [0.25, 0.3) is 0 Å². The summed E-state index contributed by atoms with van der Waals surface area (Å²) in [5, 5.41) is 3.41. The van der Waals surface area contributed by atoms with Gasteiger partial charge >= 0.3 is 0 Å². The Bertz CT molecular complexity index is 352. The summed E-state index contributed by atoms with van der Waals surface area (Å²) in [4.78, 5) is 0. The fraction of sp³-hybridized carbons (Fsp3) is 0.571. The summed E-state index contributed by atoms with van der Waals surface area (Å²) in [6, 6.07) is 4.58. The van der Waals surface area contributed by atoms with Gasteiger partial charge < -0.3 is 5.32 Å². The molecule has 0 heterocycles. The van der Waals surface area contributed by atoms with Crippen molar-refractivity contribution >= 4 is 0 Å².